The highest BCUT2D eigenvalue weighted by Crippen LogP contribution is 2.27. The van der Waals surface area contributed by atoms with Crippen LogP contribution in [-0.2, 0) is 6.61 Å². The highest BCUT2D eigenvalue weighted by atomic mass is 79.9. The molecule has 0 aliphatic heterocycles. The summed E-state index contributed by atoms with van der Waals surface area (Å²) in [7, 11) is 0. The summed E-state index contributed by atoms with van der Waals surface area (Å²) in [4.78, 5) is 0. The zero-order chi connectivity index (χ0) is 13.1. The van der Waals surface area contributed by atoms with Gasteiger partial charge in [0.25, 0.3) is 0 Å². The van der Waals surface area contributed by atoms with Crippen molar-refractivity contribution in [2.24, 2.45) is 0 Å². The van der Waals surface area contributed by atoms with Gasteiger partial charge in [0.15, 0.2) is 0 Å². The highest BCUT2D eigenvalue weighted by Gasteiger charge is 2.04. The largest absolute Gasteiger partial charge is 0.488 e. The lowest BCUT2D eigenvalue weighted by Gasteiger charge is -2.08. The van der Waals surface area contributed by atoms with E-state index in [2.05, 4.69) is 15.9 Å². The predicted octanol–water partition coefficient (Wildman–Crippen LogP) is 5.47. The Morgan fingerprint density at radius 3 is 2.50 bits per heavy atom. The Morgan fingerprint density at radius 2 is 1.83 bits per heavy atom. The Labute approximate surface area is 123 Å². The Balaban J connectivity index is 2.09. The molecule has 0 spiro atoms. The maximum Gasteiger partial charge on any atom is 0.134 e. The Hall–Kier alpha value is -0.770. The summed E-state index contributed by atoms with van der Waals surface area (Å²) in [5.41, 5.74) is 0.889. The van der Waals surface area contributed by atoms with Crippen LogP contribution >= 0.6 is 39.1 Å². The third-order valence-corrected chi connectivity index (χ3v) is 3.63. The van der Waals surface area contributed by atoms with Gasteiger partial charge in [-0.1, -0.05) is 29.3 Å². The van der Waals surface area contributed by atoms with E-state index in [0.717, 1.165) is 5.56 Å². The molecule has 0 aliphatic carbocycles. The maximum absolute atomic E-state index is 12.9. The average molecular weight is 350 g/mol. The molecule has 0 amide bonds. The number of ether oxygens (including phenoxy) is 1. The van der Waals surface area contributed by atoms with Crippen molar-refractivity contribution in [3.63, 3.8) is 0 Å². The summed E-state index contributed by atoms with van der Waals surface area (Å²) in [6.45, 7) is 0.334. The first-order valence-corrected chi connectivity index (χ1v) is 6.63. The lowest BCUT2D eigenvalue weighted by atomic mass is 10.2. The fourth-order valence-electron chi connectivity index (χ4n) is 1.38. The van der Waals surface area contributed by atoms with E-state index in [-0.39, 0.29) is 5.82 Å². The zero-order valence-electron chi connectivity index (χ0n) is 9.09. The maximum atomic E-state index is 12.9. The number of rotatable bonds is 3. The summed E-state index contributed by atoms with van der Waals surface area (Å²) >= 11 is 15.0. The molecule has 0 aliphatic rings. The molecule has 0 saturated heterocycles. The van der Waals surface area contributed by atoms with Crippen LogP contribution in [0.4, 0.5) is 4.39 Å². The standard InChI is InChI=1S/C13H8BrCl2FO/c14-10-6-9(17)2-4-13(10)18-7-8-1-3-11(15)12(16)5-8/h1-6H,7H2. The van der Waals surface area contributed by atoms with Crippen LogP contribution in [0.2, 0.25) is 10.0 Å². The highest BCUT2D eigenvalue weighted by molar-refractivity contribution is 9.10. The fraction of sp³-hybridized carbons (Fsp3) is 0.0769. The first-order valence-electron chi connectivity index (χ1n) is 5.08. The van der Waals surface area contributed by atoms with Gasteiger partial charge in [-0.05, 0) is 51.8 Å². The van der Waals surface area contributed by atoms with E-state index in [0.29, 0.717) is 26.9 Å². The van der Waals surface area contributed by atoms with Gasteiger partial charge < -0.3 is 4.74 Å². The molecule has 2 rings (SSSR count). The van der Waals surface area contributed by atoms with Gasteiger partial charge in [-0.25, -0.2) is 4.39 Å². The Bertz CT molecular complexity index is 575. The van der Waals surface area contributed by atoms with Crippen molar-refractivity contribution in [2.75, 3.05) is 0 Å². The number of hydrogen-bond acceptors (Lipinski definition) is 1. The summed E-state index contributed by atoms with van der Waals surface area (Å²) in [6.07, 6.45) is 0. The quantitative estimate of drug-likeness (QED) is 0.713. The van der Waals surface area contributed by atoms with Gasteiger partial charge >= 0.3 is 0 Å². The number of hydrogen-bond donors (Lipinski definition) is 0. The predicted molar refractivity (Wildman–Crippen MR) is 74.9 cm³/mol. The lowest BCUT2D eigenvalue weighted by molar-refractivity contribution is 0.303. The molecule has 1 nitrogen and oxygen atoms in total. The summed E-state index contributed by atoms with van der Waals surface area (Å²) in [6, 6.07) is 9.53. The molecule has 0 N–H and O–H groups in total. The van der Waals surface area contributed by atoms with Gasteiger partial charge in [-0.15, -0.1) is 0 Å². The van der Waals surface area contributed by atoms with Crippen molar-refractivity contribution in [3.05, 3.63) is 62.3 Å². The van der Waals surface area contributed by atoms with Crippen LogP contribution in [-0.4, -0.2) is 0 Å². The minimum absolute atomic E-state index is 0.316. The molecule has 18 heavy (non-hydrogen) atoms. The average Bonchev–Trinajstić information content (AvgIpc) is 2.32. The third kappa shape index (κ3) is 3.37. The Kier molecular flexibility index (Phi) is 4.49. The van der Waals surface area contributed by atoms with Gasteiger partial charge in [-0.2, -0.15) is 0 Å². The fourth-order valence-corrected chi connectivity index (χ4v) is 2.17. The van der Waals surface area contributed by atoms with Crippen molar-refractivity contribution in [1.29, 1.82) is 0 Å². The molecular formula is C13H8BrCl2FO. The van der Waals surface area contributed by atoms with Crippen LogP contribution in [0.1, 0.15) is 5.56 Å². The second-order valence-electron chi connectivity index (χ2n) is 3.61. The van der Waals surface area contributed by atoms with Gasteiger partial charge in [-0.3, -0.25) is 0 Å². The molecule has 2 aromatic rings. The van der Waals surface area contributed by atoms with E-state index < -0.39 is 0 Å². The molecule has 0 aromatic heterocycles. The van der Waals surface area contributed by atoms with Crippen LogP contribution in [0.15, 0.2) is 40.9 Å². The third-order valence-electron chi connectivity index (χ3n) is 2.27. The molecule has 2 aromatic carbocycles. The molecule has 0 unspecified atom stereocenters. The molecule has 0 heterocycles. The van der Waals surface area contributed by atoms with Crippen molar-refractivity contribution < 1.29 is 9.13 Å². The van der Waals surface area contributed by atoms with Crippen LogP contribution in [0, 0.1) is 5.82 Å². The smallest absolute Gasteiger partial charge is 0.134 e. The van der Waals surface area contributed by atoms with Crippen molar-refractivity contribution in [3.8, 4) is 5.75 Å². The van der Waals surface area contributed by atoms with Gasteiger partial charge in [0.05, 0.1) is 14.5 Å². The SMILES string of the molecule is Fc1ccc(OCc2ccc(Cl)c(Cl)c2)c(Br)c1. The zero-order valence-corrected chi connectivity index (χ0v) is 12.2. The summed E-state index contributed by atoms with van der Waals surface area (Å²) in [5.74, 6) is 0.256. The summed E-state index contributed by atoms with van der Waals surface area (Å²) in [5, 5.41) is 0.985. The molecule has 5 heteroatoms. The minimum Gasteiger partial charge on any atom is -0.488 e. The molecular weight excluding hydrogens is 342 g/mol. The molecule has 0 saturated carbocycles. The van der Waals surface area contributed by atoms with Crippen LogP contribution in [0.3, 0.4) is 0 Å². The number of halogens is 4. The molecule has 0 fully saturated rings. The minimum atomic E-state index is -0.316. The molecule has 0 atom stereocenters. The number of benzene rings is 2. The van der Waals surface area contributed by atoms with E-state index in [1.807, 2.05) is 6.07 Å². The lowest BCUT2D eigenvalue weighted by Crippen LogP contribution is -1.96. The monoisotopic (exact) mass is 348 g/mol. The van der Waals surface area contributed by atoms with Crippen LogP contribution < -0.4 is 4.74 Å². The van der Waals surface area contributed by atoms with Crippen LogP contribution in [0.5, 0.6) is 5.75 Å². The van der Waals surface area contributed by atoms with E-state index in [4.69, 9.17) is 27.9 Å². The second kappa shape index (κ2) is 5.91. The van der Waals surface area contributed by atoms with Gasteiger partial charge in [0.2, 0.25) is 0 Å². The summed E-state index contributed by atoms with van der Waals surface area (Å²) < 4.78 is 19.0. The molecule has 0 bridgehead atoms. The normalized spacial score (nSPS) is 10.4. The van der Waals surface area contributed by atoms with E-state index >= 15 is 0 Å². The van der Waals surface area contributed by atoms with Gasteiger partial charge in [0, 0.05) is 0 Å². The second-order valence-corrected chi connectivity index (χ2v) is 5.28. The van der Waals surface area contributed by atoms with Crippen molar-refractivity contribution in [2.45, 2.75) is 6.61 Å². The molecule has 94 valence electrons. The van der Waals surface area contributed by atoms with E-state index in [1.165, 1.54) is 12.1 Å². The van der Waals surface area contributed by atoms with E-state index in [1.54, 1.807) is 18.2 Å². The first kappa shape index (κ1) is 13.7. The Morgan fingerprint density at radius 1 is 1.06 bits per heavy atom. The van der Waals surface area contributed by atoms with Crippen molar-refractivity contribution >= 4 is 39.1 Å². The van der Waals surface area contributed by atoms with Crippen LogP contribution in [0.25, 0.3) is 0 Å². The first-order chi connectivity index (χ1) is 8.56. The molecule has 0 radical (unpaired) electrons. The topological polar surface area (TPSA) is 9.23 Å². The van der Waals surface area contributed by atoms with E-state index in [9.17, 15) is 4.39 Å². The van der Waals surface area contributed by atoms with Crippen molar-refractivity contribution in [1.82, 2.24) is 0 Å². The van der Waals surface area contributed by atoms with Gasteiger partial charge in [0.1, 0.15) is 18.2 Å².